The summed E-state index contributed by atoms with van der Waals surface area (Å²) in [5.74, 6) is 1.60. The van der Waals surface area contributed by atoms with E-state index in [9.17, 15) is 0 Å². The summed E-state index contributed by atoms with van der Waals surface area (Å²) in [5.41, 5.74) is 7.82. The molecule has 1 aliphatic carbocycles. The lowest BCUT2D eigenvalue weighted by atomic mass is 9.83. The van der Waals surface area contributed by atoms with Gasteiger partial charge in [-0.25, -0.2) is 0 Å². The van der Waals surface area contributed by atoms with Gasteiger partial charge in [0.15, 0.2) is 0 Å². The van der Waals surface area contributed by atoms with Crippen LogP contribution in [0, 0.1) is 5.92 Å². The van der Waals surface area contributed by atoms with E-state index < -0.39 is 0 Å². The van der Waals surface area contributed by atoms with E-state index in [2.05, 4.69) is 25.2 Å². The molecule has 0 radical (unpaired) electrons. The van der Waals surface area contributed by atoms with Gasteiger partial charge >= 0.3 is 0 Å². The van der Waals surface area contributed by atoms with Crippen LogP contribution in [0.3, 0.4) is 0 Å². The minimum atomic E-state index is 0.594. The predicted molar refractivity (Wildman–Crippen MR) is 86.3 cm³/mol. The Labute approximate surface area is 122 Å². The van der Waals surface area contributed by atoms with Gasteiger partial charge < -0.3 is 15.8 Å². The van der Waals surface area contributed by atoms with E-state index in [0.29, 0.717) is 12.6 Å². The minimum absolute atomic E-state index is 0.594. The Kier molecular flexibility index (Phi) is 5.57. The van der Waals surface area contributed by atoms with E-state index >= 15 is 0 Å². The third kappa shape index (κ3) is 3.81. The molecule has 0 bridgehead atoms. The quantitative estimate of drug-likeness (QED) is 0.755. The van der Waals surface area contributed by atoms with Crippen LogP contribution in [0.5, 0.6) is 5.75 Å². The first-order chi connectivity index (χ1) is 9.74. The summed E-state index contributed by atoms with van der Waals surface area (Å²) in [7, 11) is 0. The molecule has 0 heterocycles. The Morgan fingerprint density at radius 1 is 1.25 bits per heavy atom. The van der Waals surface area contributed by atoms with Gasteiger partial charge in [0, 0.05) is 17.8 Å². The zero-order valence-corrected chi connectivity index (χ0v) is 12.8. The van der Waals surface area contributed by atoms with Crippen LogP contribution < -0.4 is 15.8 Å². The fourth-order valence-corrected chi connectivity index (χ4v) is 3.06. The van der Waals surface area contributed by atoms with Crippen molar-refractivity contribution in [1.29, 1.82) is 0 Å². The van der Waals surface area contributed by atoms with Crippen molar-refractivity contribution in [2.24, 2.45) is 5.92 Å². The molecule has 3 N–H and O–H groups in total. The molecule has 3 heteroatoms. The van der Waals surface area contributed by atoms with Gasteiger partial charge in [-0.3, -0.25) is 0 Å². The van der Waals surface area contributed by atoms with Crippen LogP contribution in [-0.4, -0.2) is 12.6 Å². The maximum Gasteiger partial charge on any atom is 0.144 e. The lowest BCUT2D eigenvalue weighted by Crippen LogP contribution is -2.31. The van der Waals surface area contributed by atoms with Crippen molar-refractivity contribution in [3.05, 3.63) is 18.2 Å². The average Bonchev–Trinajstić information content (AvgIpc) is 2.48. The van der Waals surface area contributed by atoms with Gasteiger partial charge in [0.2, 0.25) is 0 Å². The molecule has 1 fully saturated rings. The fraction of sp³-hybridized carbons (Fsp3) is 0.647. The van der Waals surface area contributed by atoms with Gasteiger partial charge in [-0.05, 0) is 37.3 Å². The summed E-state index contributed by atoms with van der Waals surface area (Å²) in [6.07, 6.45) is 7.59. The number of anilines is 2. The van der Waals surface area contributed by atoms with E-state index in [4.69, 9.17) is 10.5 Å². The Hall–Kier alpha value is -1.38. The van der Waals surface area contributed by atoms with E-state index in [1.807, 2.05) is 12.1 Å². The van der Waals surface area contributed by atoms with Crippen LogP contribution in [0.4, 0.5) is 11.4 Å². The van der Waals surface area contributed by atoms with Crippen LogP contribution >= 0.6 is 0 Å². The number of ether oxygens (including phenoxy) is 1. The first kappa shape index (κ1) is 15.0. The molecular weight excluding hydrogens is 248 g/mol. The number of nitrogen functional groups attached to an aromatic ring is 1. The van der Waals surface area contributed by atoms with Crippen molar-refractivity contribution < 1.29 is 4.74 Å². The highest BCUT2D eigenvalue weighted by atomic mass is 16.5. The average molecular weight is 276 g/mol. The Morgan fingerprint density at radius 3 is 2.80 bits per heavy atom. The Morgan fingerprint density at radius 2 is 2.05 bits per heavy atom. The summed E-state index contributed by atoms with van der Waals surface area (Å²) >= 11 is 0. The van der Waals surface area contributed by atoms with E-state index in [1.165, 1.54) is 32.1 Å². The van der Waals surface area contributed by atoms with E-state index in [0.717, 1.165) is 29.5 Å². The number of hydrogen-bond donors (Lipinski definition) is 2. The SMILES string of the molecule is CCCOc1cc(NC2CCCCC2CC)ccc1N. The van der Waals surface area contributed by atoms with Crippen molar-refractivity contribution in [3.8, 4) is 5.75 Å². The molecule has 1 aliphatic rings. The molecule has 0 spiro atoms. The van der Waals surface area contributed by atoms with E-state index in [1.54, 1.807) is 0 Å². The van der Waals surface area contributed by atoms with Crippen molar-refractivity contribution in [1.82, 2.24) is 0 Å². The number of nitrogens with one attached hydrogen (secondary N) is 1. The van der Waals surface area contributed by atoms with E-state index in [-0.39, 0.29) is 0 Å². The number of rotatable bonds is 6. The smallest absolute Gasteiger partial charge is 0.144 e. The number of hydrogen-bond acceptors (Lipinski definition) is 3. The topological polar surface area (TPSA) is 47.3 Å². The highest BCUT2D eigenvalue weighted by Gasteiger charge is 2.23. The lowest BCUT2D eigenvalue weighted by molar-refractivity contribution is 0.315. The van der Waals surface area contributed by atoms with Crippen LogP contribution in [0.2, 0.25) is 0 Å². The maximum absolute atomic E-state index is 5.96. The van der Waals surface area contributed by atoms with Crippen LogP contribution in [0.25, 0.3) is 0 Å². The number of benzene rings is 1. The van der Waals surface area contributed by atoms with Crippen LogP contribution in [0.15, 0.2) is 18.2 Å². The Bertz CT molecular complexity index is 419. The van der Waals surface area contributed by atoms with Gasteiger partial charge in [0.05, 0.1) is 12.3 Å². The normalized spacial score (nSPS) is 22.5. The van der Waals surface area contributed by atoms with Gasteiger partial charge in [0.25, 0.3) is 0 Å². The molecule has 0 amide bonds. The molecule has 112 valence electrons. The molecule has 20 heavy (non-hydrogen) atoms. The van der Waals surface area contributed by atoms with Gasteiger partial charge in [0.1, 0.15) is 5.75 Å². The van der Waals surface area contributed by atoms with Gasteiger partial charge in [-0.15, -0.1) is 0 Å². The molecule has 0 saturated heterocycles. The predicted octanol–water partition coefficient (Wildman–Crippen LogP) is 4.44. The highest BCUT2D eigenvalue weighted by molar-refractivity contribution is 5.61. The van der Waals surface area contributed by atoms with Crippen molar-refractivity contribution in [2.75, 3.05) is 17.7 Å². The largest absolute Gasteiger partial charge is 0.491 e. The molecule has 1 aromatic rings. The fourth-order valence-electron chi connectivity index (χ4n) is 3.06. The van der Waals surface area contributed by atoms with Crippen molar-refractivity contribution in [2.45, 2.75) is 58.4 Å². The van der Waals surface area contributed by atoms with Crippen LogP contribution in [0.1, 0.15) is 52.4 Å². The minimum Gasteiger partial charge on any atom is -0.491 e. The summed E-state index contributed by atoms with van der Waals surface area (Å²) in [4.78, 5) is 0. The highest BCUT2D eigenvalue weighted by Crippen LogP contribution is 2.31. The third-order valence-electron chi connectivity index (χ3n) is 4.26. The monoisotopic (exact) mass is 276 g/mol. The molecule has 0 aromatic heterocycles. The zero-order valence-electron chi connectivity index (χ0n) is 12.8. The second-order valence-corrected chi connectivity index (χ2v) is 5.80. The Balaban J connectivity index is 2.04. The standard InChI is InChI=1S/C17H28N2O/c1-3-11-20-17-12-14(9-10-15(17)18)19-16-8-6-5-7-13(16)4-2/h9-10,12-13,16,19H,3-8,11,18H2,1-2H3. The second-order valence-electron chi connectivity index (χ2n) is 5.80. The molecular formula is C17H28N2O. The maximum atomic E-state index is 5.96. The van der Waals surface area contributed by atoms with Crippen molar-refractivity contribution >= 4 is 11.4 Å². The molecule has 2 unspecified atom stereocenters. The second kappa shape index (κ2) is 7.41. The van der Waals surface area contributed by atoms with Crippen molar-refractivity contribution in [3.63, 3.8) is 0 Å². The summed E-state index contributed by atoms with van der Waals surface area (Å²) in [5, 5.41) is 3.69. The van der Waals surface area contributed by atoms with Gasteiger partial charge in [-0.2, -0.15) is 0 Å². The summed E-state index contributed by atoms with van der Waals surface area (Å²) in [6.45, 7) is 5.12. The molecule has 3 nitrogen and oxygen atoms in total. The summed E-state index contributed by atoms with van der Waals surface area (Å²) < 4.78 is 5.70. The molecule has 1 aromatic carbocycles. The lowest BCUT2D eigenvalue weighted by Gasteiger charge is -2.32. The summed E-state index contributed by atoms with van der Waals surface area (Å²) in [6, 6.07) is 6.65. The molecule has 2 atom stereocenters. The van der Waals surface area contributed by atoms with Crippen LogP contribution in [-0.2, 0) is 0 Å². The first-order valence-corrected chi connectivity index (χ1v) is 8.03. The third-order valence-corrected chi connectivity index (χ3v) is 4.26. The molecule has 2 rings (SSSR count). The molecule has 0 aliphatic heterocycles. The number of nitrogens with two attached hydrogens (primary N) is 1. The molecule has 1 saturated carbocycles. The van der Waals surface area contributed by atoms with Gasteiger partial charge in [-0.1, -0.05) is 33.1 Å². The zero-order chi connectivity index (χ0) is 14.4. The first-order valence-electron chi connectivity index (χ1n) is 8.03.